The summed E-state index contributed by atoms with van der Waals surface area (Å²) in [6, 6.07) is 3.47. The van der Waals surface area contributed by atoms with E-state index in [1.807, 2.05) is 4.90 Å². The molecule has 4 rings (SSSR count). The summed E-state index contributed by atoms with van der Waals surface area (Å²) in [7, 11) is 0. The van der Waals surface area contributed by atoms with Crippen LogP contribution >= 0.6 is 11.5 Å². The number of nitrogens with zero attached hydrogens (tertiary/aromatic N) is 4. The predicted molar refractivity (Wildman–Crippen MR) is 83.3 cm³/mol. The molecule has 1 amide bonds. The van der Waals surface area contributed by atoms with Gasteiger partial charge >= 0.3 is 0 Å². The molecule has 0 aromatic carbocycles. The zero-order chi connectivity index (χ0) is 14.9. The Kier molecular flexibility index (Phi) is 3.57. The van der Waals surface area contributed by atoms with Crippen LogP contribution in [0.1, 0.15) is 41.6 Å². The van der Waals surface area contributed by atoms with Crippen molar-refractivity contribution in [3.05, 3.63) is 30.0 Å². The van der Waals surface area contributed by atoms with Crippen LogP contribution in [0.3, 0.4) is 0 Å². The fourth-order valence-corrected chi connectivity index (χ4v) is 3.53. The Morgan fingerprint density at radius 1 is 1.27 bits per heavy atom. The highest BCUT2D eigenvalue weighted by molar-refractivity contribution is 7.09. The van der Waals surface area contributed by atoms with Gasteiger partial charge < -0.3 is 14.2 Å². The summed E-state index contributed by atoms with van der Waals surface area (Å²) in [5.41, 5.74) is 0. The highest BCUT2D eigenvalue weighted by Gasteiger charge is 2.29. The minimum atomic E-state index is -0.0252. The molecule has 22 heavy (non-hydrogen) atoms. The maximum atomic E-state index is 12.3. The lowest BCUT2D eigenvalue weighted by atomic mass is 10.3. The van der Waals surface area contributed by atoms with Crippen LogP contribution in [0, 0.1) is 0 Å². The number of anilines is 1. The van der Waals surface area contributed by atoms with Crippen molar-refractivity contribution in [3.8, 4) is 0 Å². The topological polar surface area (TPSA) is 62.5 Å². The molecule has 1 saturated carbocycles. The summed E-state index contributed by atoms with van der Waals surface area (Å²) >= 11 is 1.48. The highest BCUT2D eigenvalue weighted by Crippen LogP contribution is 2.39. The molecular weight excluding hydrogens is 300 g/mol. The minimum absolute atomic E-state index is 0.0252. The third kappa shape index (κ3) is 2.72. The quantitative estimate of drug-likeness (QED) is 0.869. The van der Waals surface area contributed by atoms with Crippen LogP contribution < -0.4 is 4.90 Å². The molecular formula is C15H18N4O2S. The summed E-state index contributed by atoms with van der Waals surface area (Å²) in [4.78, 5) is 21.1. The summed E-state index contributed by atoms with van der Waals surface area (Å²) < 4.78 is 9.68. The molecule has 116 valence electrons. The second-order valence-corrected chi connectivity index (χ2v) is 6.55. The maximum Gasteiger partial charge on any atom is 0.289 e. The van der Waals surface area contributed by atoms with Crippen molar-refractivity contribution in [1.82, 2.24) is 14.3 Å². The van der Waals surface area contributed by atoms with Crippen molar-refractivity contribution in [3.63, 3.8) is 0 Å². The lowest BCUT2D eigenvalue weighted by molar-refractivity contribution is 0.0735. The molecule has 2 aromatic heterocycles. The van der Waals surface area contributed by atoms with Crippen molar-refractivity contribution in [2.75, 3.05) is 31.1 Å². The van der Waals surface area contributed by atoms with Crippen molar-refractivity contribution < 1.29 is 9.21 Å². The van der Waals surface area contributed by atoms with Gasteiger partial charge in [-0.2, -0.15) is 4.37 Å². The van der Waals surface area contributed by atoms with E-state index in [1.54, 1.807) is 12.1 Å². The molecule has 0 radical (unpaired) electrons. The monoisotopic (exact) mass is 318 g/mol. The summed E-state index contributed by atoms with van der Waals surface area (Å²) in [6.45, 7) is 3.16. The first-order valence-corrected chi connectivity index (χ1v) is 8.50. The van der Waals surface area contributed by atoms with Gasteiger partial charge in [-0.05, 0) is 31.4 Å². The molecule has 1 saturated heterocycles. The first-order valence-electron chi connectivity index (χ1n) is 7.72. The van der Waals surface area contributed by atoms with Crippen LogP contribution in [-0.2, 0) is 0 Å². The molecule has 0 atom stereocenters. The lowest BCUT2D eigenvalue weighted by Gasteiger charge is -2.20. The standard InChI is InChI=1S/C15H18N4O2S/c20-14(12-3-1-10-21-12)18-6-2-7-19(9-8-18)15-16-13(17-22-15)11-4-5-11/h1,3,10-11H,2,4-9H2. The lowest BCUT2D eigenvalue weighted by Crippen LogP contribution is -2.35. The zero-order valence-electron chi connectivity index (χ0n) is 12.3. The Morgan fingerprint density at radius 2 is 2.18 bits per heavy atom. The van der Waals surface area contributed by atoms with Gasteiger partial charge in [0.2, 0.25) is 5.13 Å². The normalized spacial score (nSPS) is 19.3. The van der Waals surface area contributed by atoms with Crippen molar-refractivity contribution in [1.29, 1.82) is 0 Å². The Balaban J connectivity index is 1.42. The Morgan fingerprint density at radius 3 is 2.95 bits per heavy atom. The number of furan rings is 1. The van der Waals surface area contributed by atoms with Crippen molar-refractivity contribution in [2.45, 2.75) is 25.2 Å². The third-order valence-electron chi connectivity index (χ3n) is 4.16. The van der Waals surface area contributed by atoms with E-state index < -0.39 is 0 Å². The average Bonchev–Trinajstić information content (AvgIpc) is 3.11. The van der Waals surface area contributed by atoms with E-state index in [0.717, 1.165) is 37.0 Å². The van der Waals surface area contributed by atoms with Crippen LogP contribution in [-0.4, -0.2) is 46.3 Å². The molecule has 2 aliphatic rings. The third-order valence-corrected chi connectivity index (χ3v) is 4.95. The molecule has 0 bridgehead atoms. The van der Waals surface area contributed by atoms with Gasteiger partial charge in [0.15, 0.2) is 5.76 Å². The van der Waals surface area contributed by atoms with Crippen LogP contribution in [0.4, 0.5) is 5.13 Å². The SMILES string of the molecule is O=C(c1ccco1)N1CCCN(c2nc(C3CC3)ns2)CC1. The Hall–Kier alpha value is -1.89. The van der Waals surface area contributed by atoms with Crippen molar-refractivity contribution in [2.24, 2.45) is 0 Å². The molecule has 7 heteroatoms. The van der Waals surface area contributed by atoms with E-state index in [0.29, 0.717) is 18.2 Å². The Labute approximate surface area is 132 Å². The zero-order valence-corrected chi connectivity index (χ0v) is 13.1. The molecule has 0 N–H and O–H groups in total. The van der Waals surface area contributed by atoms with Crippen LogP contribution in [0.15, 0.2) is 22.8 Å². The van der Waals surface area contributed by atoms with Crippen molar-refractivity contribution >= 4 is 22.6 Å². The largest absolute Gasteiger partial charge is 0.459 e. The number of aromatic nitrogens is 2. The first kappa shape index (κ1) is 13.8. The molecule has 0 unspecified atom stereocenters. The summed E-state index contributed by atoms with van der Waals surface area (Å²) in [6.07, 6.45) is 4.92. The number of amides is 1. The van der Waals surface area contributed by atoms with Gasteiger partial charge in [-0.3, -0.25) is 4.79 Å². The fourth-order valence-electron chi connectivity index (χ4n) is 2.73. The molecule has 6 nitrogen and oxygen atoms in total. The second-order valence-electron chi connectivity index (χ2n) is 5.82. The predicted octanol–water partition coefficient (Wildman–Crippen LogP) is 2.36. The van der Waals surface area contributed by atoms with Crippen LogP contribution in [0.2, 0.25) is 0 Å². The summed E-state index contributed by atoms with van der Waals surface area (Å²) in [5.74, 6) is 1.99. The number of hydrogen-bond donors (Lipinski definition) is 0. The fraction of sp³-hybridized carbons (Fsp3) is 0.533. The number of carbonyl (C=O) groups excluding carboxylic acids is 1. The van der Waals surface area contributed by atoms with Gasteiger partial charge in [0.25, 0.3) is 5.91 Å². The molecule has 1 aliphatic carbocycles. The molecule has 2 fully saturated rings. The van der Waals surface area contributed by atoms with E-state index in [2.05, 4.69) is 14.3 Å². The van der Waals surface area contributed by atoms with Crippen LogP contribution in [0.5, 0.6) is 0 Å². The smallest absolute Gasteiger partial charge is 0.289 e. The number of rotatable bonds is 3. The Bertz CT molecular complexity index is 650. The minimum Gasteiger partial charge on any atom is -0.459 e. The number of carbonyl (C=O) groups is 1. The average molecular weight is 318 g/mol. The van der Waals surface area contributed by atoms with E-state index in [4.69, 9.17) is 4.42 Å². The molecule has 3 heterocycles. The van der Waals surface area contributed by atoms with E-state index in [9.17, 15) is 4.79 Å². The van der Waals surface area contributed by atoms with Gasteiger partial charge in [-0.15, -0.1) is 0 Å². The molecule has 1 aliphatic heterocycles. The van der Waals surface area contributed by atoms with E-state index >= 15 is 0 Å². The van der Waals surface area contributed by atoms with Gasteiger partial charge in [0.1, 0.15) is 5.82 Å². The summed E-state index contributed by atoms with van der Waals surface area (Å²) in [5, 5.41) is 0.995. The molecule has 0 spiro atoms. The van der Waals surface area contributed by atoms with Gasteiger partial charge in [0, 0.05) is 43.6 Å². The van der Waals surface area contributed by atoms with Gasteiger partial charge in [-0.25, -0.2) is 4.98 Å². The number of hydrogen-bond acceptors (Lipinski definition) is 6. The van der Waals surface area contributed by atoms with E-state index in [-0.39, 0.29) is 5.91 Å². The van der Waals surface area contributed by atoms with Gasteiger partial charge in [0.05, 0.1) is 6.26 Å². The second kappa shape index (κ2) is 5.72. The van der Waals surface area contributed by atoms with E-state index in [1.165, 1.54) is 30.6 Å². The maximum absolute atomic E-state index is 12.3. The van der Waals surface area contributed by atoms with Crippen LogP contribution in [0.25, 0.3) is 0 Å². The first-order chi connectivity index (χ1) is 10.8. The highest BCUT2D eigenvalue weighted by atomic mass is 32.1. The van der Waals surface area contributed by atoms with Gasteiger partial charge in [-0.1, -0.05) is 0 Å². The molecule has 2 aromatic rings.